The van der Waals surface area contributed by atoms with Crippen LogP contribution in [-0.2, 0) is 0 Å². The predicted octanol–water partition coefficient (Wildman–Crippen LogP) is 4.38. The van der Waals surface area contributed by atoms with Gasteiger partial charge in [-0.2, -0.15) is 4.98 Å². The number of likely N-dealkylation sites (tertiary alicyclic amines) is 1. The SMILES string of the molecule is O=C(c1ccc(F)cc1)N1CCCC(c2nc(Sc3ccccc3)no2)C1. The second-order valence-corrected chi connectivity index (χ2v) is 7.47. The minimum absolute atomic E-state index is 0.0146. The molecule has 0 radical (unpaired) electrons. The average molecular weight is 383 g/mol. The van der Waals surface area contributed by atoms with Crippen molar-refractivity contribution in [2.45, 2.75) is 28.8 Å². The molecule has 1 aliphatic heterocycles. The van der Waals surface area contributed by atoms with Gasteiger partial charge in [0.05, 0.1) is 5.92 Å². The Morgan fingerprint density at radius 1 is 1.15 bits per heavy atom. The van der Waals surface area contributed by atoms with Crippen molar-refractivity contribution in [3.05, 3.63) is 71.9 Å². The van der Waals surface area contributed by atoms with Crippen molar-refractivity contribution in [2.24, 2.45) is 0 Å². The van der Waals surface area contributed by atoms with Crippen LogP contribution < -0.4 is 0 Å². The van der Waals surface area contributed by atoms with Crippen LogP contribution in [0.2, 0.25) is 0 Å². The molecule has 1 saturated heterocycles. The molecule has 27 heavy (non-hydrogen) atoms. The molecule has 7 heteroatoms. The molecule has 138 valence electrons. The van der Waals surface area contributed by atoms with Crippen LogP contribution in [-0.4, -0.2) is 34.0 Å². The van der Waals surface area contributed by atoms with E-state index in [4.69, 9.17) is 4.52 Å². The number of rotatable bonds is 4. The quantitative estimate of drug-likeness (QED) is 0.669. The maximum absolute atomic E-state index is 13.1. The van der Waals surface area contributed by atoms with Crippen LogP contribution in [0, 0.1) is 5.82 Å². The fourth-order valence-corrected chi connectivity index (χ4v) is 3.87. The van der Waals surface area contributed by atoms with Crippen molar-refractivity contribution in [1.29, 1.82) is 0 Å². The lowest BCUT2D eigenvalue weighted by atomic mass is 9.97. The van der Waals surface area contributed by atoms with Gasteiger partial charge in [-0.15, -0.1) is 0 Å². The van der Waals surface area contributed by atoms with E-state index in [-0.39, 0.29) is 17.6 Å². The van der Waals surface area contributed by atoms with Crippen LogP contribution in [0.15, 0.2) is 69.2 Å². The summed E-state index contributed by atoms with van der Waals surface area (Å²) in [5, 5.41) is 4.62. The van der Waals surface area contributed by atoms with E-state index < -0.39 is 0 Å². The van der Waals surface area contributed by atoms with E-state index in [1.54, 1.807) is 4.90 Å². The van der Waals surface area contributed by atoms with Gasteiger partial charge in [0, 0.05) is 23.5 Å². The number of aromatic nitrogens is 2. The summed E-state index contributed by atoms with van der Waals surface area (Å²) in [5.41, 5.74) is 0.489. The Bertz CT molecular complexity index is 914. The van der Waals surface area contributed by atoms with Gasteiger partial charge in [0.2, 0.25) is 11.0 Å². The van der Waals surface area contributed by atoms with Gasteiger partial charge in [0.15, 0.2) is 0 Å². The van der Waals surface area contributed by atoms with Crippen LogP contribution in [0.5, 0.6) is 0 Å². The molecule has 0 spiro atoms. The number of benzene rings is 2. The molecule has 0 bridgehead atoms. The van der Waals surface area contributed by atoms with Crippen LogP contribution in [0.25, 0.3) is 0 Å². The average Bonchev–Trinajstić information content (AvgIpc) is 3.17. The zero-order chi connectivity index (χ0) is 18.6. The summed E-state index contributed by atoms with van der Waals surface area (Å²) >= 11 is 1.45. The highest BCUT2D eigenvalue weighted by atomic mass is 32.2. The molecule has 1 aromatic heterocycles. The Kier molecular flexibility index (Phi) is 5.20. The number of carbonyl (C=O) groups excluding carboxylic acids is 1. The molecule has 1 atom stereocenters. The number of nitrogens with zero attached hydrogens (tertiary/aromatic N) is 3. The first-order valence-corrected chi connectivity index (χ1v) is 9.62. The largest absolute Gasteiger partial charge is 0.338 e. The van der Waals surface area contributed by atoms with Crippen LogP contribution in [0.3, 0.4) is 0 Å². The summed E-state index contributed by atoms with van der Waals surface area (Å²) in [4.78, 5) is 20.0. The van der Waals surface area contributed by atoms with Crippen LogP contribution in [0.4, 0.5) is 4.39 Å². The monoisotopic (exact) mass is 383 g/mol. The Morgan fingerprint density at radius 3 is 2.70 bits per heavy atom. The minimum Gasteiger partial charge on any atom is -0.338 e. The lowest BCUT2D eigenvalue weighted by Crippen LogP contribution is -2.39. The molecule has 5 nitrogen and oxygen atoms in total. The van der Waals surface area contributed by atoms with Crippen LogP contribution >= 0.6 is 11.8 Å². The third-order valence-electron chi connectivity index (χ3n) is 4.52. The molecule has 0 N–H and O–H groups in total. The van der Waals surface area contributed by atoms with Gasteiger partial charge in [0.25, 0.3) is 5.91 Å². The van der Waals surface area contributed by atoms with Crippen molar-refractivity contribution < 1.29 is 13.7 Å². The Hall–Kier alpha value is -2.67. The molecule has 0 aliphatic carbocycles. The van der Waals surface area contributed by atoms with E-state index in [2.05, 4.69) is 10.1 Å². The summed E-state index contributed by atoms with van der Waals surface area (Å²) in [6.07, 6.45) is 1.76. The van der Waals surface area contributed by atoms with Gasteiger partial charge >= 0.3 is 0 Å². The molecule has 2 aromatic carbocycles. The van der Waals surface area contributed by atoms with Crippen LogP contribution in [0.1, 0.15) is 35.0 Å². The van der Waals surface area contributed by atoms with Crippen molar-refractivity contribution in [3.8, 4) is 0 Å². The molecule has 1 amide bonds. The van der Waals surface area contributed by atoms with Crippen molar-refractivity contribution >= 4 is 17.7 Å². The van der Waals surface area contributed by atoms with Crippen molar-refractivity contribution in [3.63, 3.8) is 0 Å². The maximum Gasteiger partial charge on any atom is 0.253 e. The summed E-state index contributed by atoms with van der Waals surface area (Å²) < 4.78 is 18.5. The molecule has 1 fully saturated rings. The van der Waals surface area contributed by atoms with E-state index in [0.29, 0.717) is 29.7 Å². The predicted molar refractivity (Wildman–Crippen MR) is 99.1 cm³/mol. The standard InChI is InChI=1S/C20H18FN3O2S/c21-16-10-8-14(9-11-16)19(25)24-12-4-5-15(13-24)18-22-20(23-26-18)27-17-6-2-1-3-7-17/h1-3,6-11,15H,4-5,12-13H2. The summed E-state index contributed by atoms with van der Waals surface area (Å²) in [5.74, 6) is 0.126. The van der Waals surface area contributed by atoms with Gasteiger partial charge in [-0.25, -0.2) is 4.39 Å². The van der Waals surface area contributed by atoms with Gasteiger partial charge in [-0.05, 0) is 66.2 Å². The molecule has 0 saturated carbocycles. The Balaban J connectivity index is 1.44. The minimum atomic E-state index is -0.350. The third-order valence-corrected chi connectivity index (χ3v) is 5.38. The summed E-state index contributed by atoms with van der Waals surface area (Å²) in [6.45, 7) is 1.19. The number of amides is 1. The van der Waals surface area contributed by atoms with Gasteiger partial charge < -0.3 is 9.42 Å². The molecule has 1 unspecified atom stereocenters. The highest BCUT2D eigenvalue weighted by Crippen LogP contribution is 2.30. The highest BCUT2D eigenvalue weighted by molar-refractivity contribution is 7.99. The van der Waals surface area contributed by atoms with Gasteiger partial charge in [-0.3, -0.25) is 4.79 Å². The smallest absolute Gasteiger partial charge is 0.253 e. The van der Waals surface area contributed by atoms with Crippen molar-refractivity contribution in [1.82, 2.24) is 15.0 Å². The molecule has 4 rings (SSSR count). The van der Waals surface area contributed by atoms with E-state index in [0.717, 1.165) is 17.7 Å². The lowest BCUT2D eigenvalue weighted by Gasteiger charge is -2.31. The number of piperidine rings is 1. The highest BCUT2D eigenvalue weighted by Gasteiger charge is 2.29. The molecular weight excluding hydrogens is 365 g/mol. The van der Waals surface area contributed by atoms with E-state index >= 15 is 0 Å². The maximum atomic E-state index is 13.1. The lowest BCUT2D eigenvalue weighted by molar-refractivity contribution is 0.0695. The number of halogens is 1. The number of hydrogen-bond donors (Lipinski definition) is 0. The van der Waals surface area contributed by atoms with E-state index in [1.807, 2.05) is 30.3 Å². The molecule has 2 heterocycles. The van der Waals surface area contributed by atoms with E-state index in [1.165, 1.54) is 36.0 Å². The fourth-order valence-electron chi connectivity index (χ4n) is 3.16. The number of carbonyl (C=O) groups is 1. The first-order chi connectivity index (χ1) is 13.2. The Labute approximate surface area is 160 Å². The summed E-state index contributed by atoms with van der Waals surface area (Å²) in [6, 6.07) is 15.5. The normalized spacial score (nSPS) is 17.1. The van der Waals surface area contributed by atoms with Gasteiger partial charge in [0.1, 0.15) is 5.82 Å². The van der Waals surface area contributed by atoms with Crippen molar-refractivity contribution in [2.75, 3.05) is 13.1 Å². The molecule has 1 aliphatic rings. The Morgan fingerprint density at radius 2 is 1.93 bits per heavy atom. The summed E-state index contributed by atoms with van der Waals surface area (Å²) in [7, 11) is 0. The zero-order valence-corrected chi connectivity index (χ0v) is 15.4. The first kappa shape index (κ1) is 17.7. The topological polar surface area (TPSA) is 59.2 Å². The zero-order valence-electron chi connectivity index (χ0n) is 14.5. The van der Waals surface area contributed by atoms with E-state index in [9.17, 15) is 9.18 Å². The fraction of sp³-hybridized carbons (Fsp3) is 0.250. The number of hydrogen-bond acceptors (Lipinski definition) is 5. The first-order valence-electron chi connectivity index (χ1n) is 8.80. The van der Waals surface area contributed by atoms with Gasteiger partial charge in [-0.1, -0.05) is 18.2 Å². The molecule has 3 aromatic rings. The second-order valence-electron chi connectivity index (χ2n) is 6.43. The third kappa shape index (κ3) is 4.19. The second kappa shape index (κ2) is 7.92. The molecular formula is C20H18FN3O2S.